The zero-order valence-electron chi connectivity index (χ0n) is 14.0. The van der Waals surface area contributed by atoms with Crippen molar-refractivity contribution in [2.24, 2.45) is 0 Å². The highest BCUT2D eigenvalue weighted by Gasteiger charge is 2.20. The van der Waals surface area contributed by atoms with E-state index in [-0.39, 0.29) is 0 Å². The lowest BCUT2D eigenvalue weighted by Crippen LogP contribution is -2.29. The van der Waals surface area contributed by atoms with Crippen LogP contribution in [0.5, 0.6) is 0 Å². The maximum absolute atomic E-state index is 4.41. The molecule has 0 aromatic carbocycles. The van der Waals surface area contributed by atoms with Crippen LogP contribution in [-0.2, 0) is 0 Å². The first-order chi connectivity index (χ1) is 10.3. The Balaban J connectivity index is 1.87. The molecule has 1 fully saturated rings. The van der Waals surface area contributed by atoms with Crippen LogP contribution in [0, 0.1) is 0 Å². The molecule has 0 saturated carbocycles. The van der Waals surface area contributed by atoms with Crippen molar-refractivity contribution in [1.82, 2.24) is 19.8 Å². The summed E-state index contributed by atoms with van der Waals surface area (Å²) in [4.78, 5) is 6.91. The van der Waals surface area contributed by atoms with Crippen LogP contribution in [0.1, 0.15) is 70.7 Å². The summed E-state index contributed by atoms with van der Waals surface area (Å²) >= 11 is 0. The van der Waals surface area contributed by atoms with Crippen LogP contribution in [0.15, 0.2) is 12.5 Å². The van der Waals surface area contributed by atoms with Gasteiger partial charge in [0.2, 0.25) is 0 Å². The standard InChI is InChI=1S/C17H32N4/c1-4-20(5-2)12-8-9-15(3)21-14-18-13-17(21)16-10-6-7-11-19-16/h13-16,19H,4-12H2,1-3H3. The maximum Gasteiger partial charge on any atom is 0.0951 e. The van der Waals surface area contributed by atoms with Gasteiger partial charge in [-0.2, -0.15) is 0 Å². The molecule has 1 aromatic rings. The molecule has 1 saturated heterocycles. The normalized spacial score (nSPS) is 20.9. The second-order valence-corrected chi connectivity index (χ2v) is 6.25. The van der Waals surface area contributed by atoms with Crippen molar-refractivity contribution in [3.05, 3.63) is 18.2 Å². The van der Waals surface area contributed by atoms with Gasteiger partial charge in [0.1, 0.15) is 0 Å². The molecule has 120 valence electrons. The van der Waals surface area contributed by atoms with E-state index in [1.54, 1.807) is 0 Å². The van der Waals surface area contributed by atoms with Crippen LogP contribution in [0.4, 0.5) is 0 Å². The zero-order valence-corrected chi connectivity index (χ0v) is 14.0. The summed E-state index contributed by atoms with van der Waals surface area (Å²) in [5.74, 6) is 0. The first-order valence-electron chi connectivity index (χ1n) is 8.73. The van der Waals surface area contributed by atoms with Crippen LogP contribution in [-0.4, -0.2) is 40.6 Å². The van der Waals surface area contributed by atoms with E-state index in [0.29, 0.717) is 12.1 Å². The van der Waals surface area contributed by atoms with E-state index >= 15 is 0 Å². The molecule has 0 aliphatic carbocycles. The molecule has 21 heavy (non-hydrogen) atoms. The van der Waals surface area contributed by atoms with Crippen LogP contribution in [0.25, 0.3) is 0 Å². The molecule has 1 aromatic heterocycles. The molecule has 4 heteroatoms. The summed E-state index contributed by atoms with van der Waals surface area (Å²) in [6.45, 7) is 11.5. The summed E-state index contributed by atoms with van der Waals surface area (Å²) in [5, 5.41) is 3.64. The third kappa shape index (κ3) is 4.55. The van der Waals surface area contributed by atoms with Crippen LogP contribution >= 0.6 is 0 Å². The number of hydrogen-bond donors (Lipinski definition) is 1. The highest BCUT2D eigenvalue weighted by molar-refractivity contribution is 5.07. The van der Waals surface area contributed by atoms with Crippen molar-refractivity contribution in [3.8, 4) is 0 Å². The number of imidazole rings is 1. The predicted molar refractivity (Wildman–Crippen MR) is 88.6 cm³/mol. The van der Waals surface area contributed by atoms with E-state index in [9.17, 15) is 0 Å². The zero-order chi connectivity index (χ0) is 15.1. The summed E-state index contributed by atoms with van der Waals surface area (Å²) in [5.41, 5.74) is 1.38. The smallest absolute Gasteiger partial charge is 0.0951 e. The topological polar surface area (TPSA) is 33.1 Å². The number of piperidine rings is 1. The number of nitrogens with zero attached hydrogens (tertiary/aromatic N) is 3. The van der Waals surface area contributed by atoms with Gasteiger partial charge in [0.25, 0.3) is 0 Å². The molecule has 1 aliphatic rings. The van der Waals surface area contributed by atoms with Gasteiger partial charge < -0.3 is 14.8 Å². The molecule has 4 nitrogen and oxygen atoms in total. The Kier molecular flexibility index (Phi) is 6.71. The lowest BCUT2D eigenvalue weighted by molar-refractivity contribution is 0.286. The van der Waals surface area contributed by atoms with Gasteiger partial charge in [-0.05, 0) is 58.8 Å². The molecule has 2 heterocycles. The van der Waals surface area contributed by atoms with E-state index in [1.165, 1.54) is 44.3 Å². The molecular formula is C17H32N4. The average molecular weight is 292 g/mol. The van der Waals surface area contributed by atoms with Crippen molar-refractivity contribution in [3.63, 3.8) is 0 Å². The minimum atomic E-state index is 0.506. The first kappa shape index (κ1) is 16.5. The molecule has 0 amide bonds. The Labute approximate surface area is 129 Å². The van der Waals surface area contributed by atoms with Gasteiger partial charge >= 0.3 is 0 Å². The Morgan fingerprint density at radius 1 is 1.38 bits per heavy atom. The fourth-order valence-corrected chi connectivity index (χ4v) is 3.35. The summed E-state index contributed by atoms with van der Waals surface area (Å²) in [6, 6.07) is 1.05. The molecule has 2 unspecified atom stereocenters. The SMILES string of the molecule is CCN(CC)CCCC(C)n1cncc1C1CCCCN1. The quantitative estimate of drug-likeness (QED) is 0.797. The average Bonchev–Trinajstić information content (AvgIpc) is 3.02. The highest BCUT2D eigenvalue weighted by Crippen LogP contribution is 2.26. The molecule has 1 aliphatic heterocycles. The fraction of sp³-hybridized carbons (Fsp3) is 0.824. The third-order valence-electron chi connectivity index (χ3n) is 4.83. The van der Waals surface area contributed by atoms with E-state index < -0.39 is 0 Å². The summed E-state index contributed by atoms with van der Waals surface area (Å²) in [6.07, 6.45) is 10.5. The number of nitrogens with one attached hydrogen (secondary N) is 1. The Morgan fingerprint density at radius 2 is 2.19 bits per heavy atom. The Hall–Kier alpha value is -0.870. The minimum absolute atomic E-state index is 0.506. The van der Waals surface area contributed by atoms with Crippen LogP contribution in [0.3, 0.4) is 0 Å². The second-order valence-electron chi connectivity index (χ2n) is 6.25. The number of aromatic nitrogens is 2. The molecule has 2 atom stereocenters. The predicted octanol–water partition coefficient (Wildman–Crippen LogP) is 3.38. The van der Waals surface area contributed by atoms with Crippen molar-refractivity contribution in [1.29, 1.82) is 0 Å². The van der Waals surface area contributed by atoms with Crippen molar-refractivity contribution < 1.29 is 0 Å². The summed E-state index contributed by atoms with van der Waals surface area (Å²) < 4.78 is 2.39. The molecule has 0 spiro atoms. The monoisotopic (exact) mass is 292 g/mol. The van der Waals surface area contributed by atoms with Crippen molar-refractivity contribution in [2.45, 2.75) is 65.0 Å². The van der Waals surface area contributed by atoms with Crippen molar-refractivity contribution in [2.75, 3.05) is 26.2 Å². The molecular weight excluding hydrogens is 260 g/mol. The first-order valence-corrected chi connectivity index (χ1v) is 8.73. The fourth-order valence-electron chi connectivity index (χ4n) is 3.35. The lowest BCUT2D eigenvalue weighted by atomic mass is 10.0. The van der Waals surface area contributed by atoms with E-state index in [1.807, 2.05) is 6.33 Å². The van der Waals surface area contributed by atoms with E-state index in [4.69, 9.17) is 0 Å². The van der Waals surface area contributed by atoms with Gasteiger partial charge in [0.15, 0.2) is 0 Å². The van der Waals surface area contributed by atoms with Gasteiger partial charge in [-0.15, -0.1) is 0 Å². The number of rotatable bonds is 8. The maximum atomic E-state index is 4.41. The van der Waals surface area contributed by atoms with E-state index in [0.717, 1.165) is 19.6 Å². The summed E-state index contributed by atoms with van der Waals surface area (Å²) in [7, 11) is 0. The minimum Gasteiger partial charge on any atom is -0.330 e. The van der Waals surface area contributed by atoms with Gasteiger partial charge in [0.05, 0.1) is 12.0 Å². The molecule has 0 bridgehead atoms. The van der Waals surface area contributed by atoms with Crippen LogP contribution < -0.4 is 5.32 Å². The second kappa shape index (κ2) is 8.54. The molecule has 2 rings (SSSR count). The third-order valence-corrected chi connectivity index (χ3v) is 4.83. The Morgan fingerprint density at radius 3 is 2.86 bits per heavy atom. The van der Waals surface area contributed by atoms with Gasteiger partial charge in [0, 0.05) is 18.3 Å². The van der Waals surface area contributed by atoms with Gasteiger partial charge in [-0.1, -0.05) is 20.3 Å². The number of hydrogen-bond acceptors (Lipinski definition) is 3. The van der Waals surface area contributed by atoms with Crippen LogP contribution in [0.2, 0.25) is 0 Å². The van der Waals surface area contributed by atoms with E-state index in [2.05, 4.69) is 46.7 Å². The largest absolute Gasteiger partial charge is 0.330 e. The molecule has 1 N–H and O–H groups in total. The lowest BCUT2D eigenvalue weighted by Gasteiger charge is -2.27. The molecule has 0 radical (unpaired) electrons. The van der Waals surface area contributed by atoms with Gasteiger partial charge in [-0.25, -0.2) is 4.98 Å². The highest BCUT2D eigenvalue weighted by atomic mass is 15.1. The van der Waals surface area contributed by atoms with Crippen molar-refractivity contribution >= 4 is 0 Å². The van der Waals surface area contributed by atoms with Gasteiger partial charge in [-0.3, -0.25) is 0 Å². The Bertz CT molecular complexity index is 391.